The summed E-state index contributed by atoms with van der Waals surface area (Å²) in [7, 11) is -3.98. The van der Waals surface area contributed by atoms with Crippen molar-refractivity contribution in [3.8, 4) is 0 Å². The first-order valence-electron chi connectivity index (χ1n) is 11.9. The van der Waals surface area contributed by atoms with E-state index in [1.807, 2.05) is 0 Å². The van der Waals surface area contributed by atoms with Crippen LogP contribution >= 0.6 is 11.6 Å². The van der Waals surface area contributed by atoms with E-state index in [2.05, 4.69) is 0 Å². The molecule has 10 heteroatoms. The lowest BCUT2D eigenvalue weighted by atomic mass is 9.94. The van der Waals surface area contributed by atoms with Crippen molar-refractivity contribution in [1.29, 1.82) is 0 Å². The lowest BCUT2D eigenvalue weighted by molar-refractivity contribution is 0.0710. The summed E-state index contributed by atoms with van der Waals surface area (Å²) >= 11 is 5.95. The van der Waals surface area contributed by atoms with Gasteiger partial charge in [0.1, 0.15) is 12.4 Å². The first-order chi connectivity index (χ1) is 16.8. The number of benzene rings is 2. The molecule has 1 N–H and O–H groups in total. The zero-order valence-corrected chi connectivity index (χ0v) is 20.9. The molecule has 2 heterocycles. The van der Waals surface area contributed by atoms with Crippen LogP contribution in [0.15, 0.2) is 53.4 Å². The summed E-state index contributed by atoms with van der Waals surface area (Å²) in [6.45, 7) is 1.15. The van der Waals surface area contributed by atoms with Crippen LogP contribution in [-0.2, 0) is 14.8 Å². The summed E-state index contributed by atoms with van der Waals surface area (Å²) in [6.07, 6.45) is 2.82. The van der Waals surface area contributed by atoms with Crippen LogP contribution < -0.4 is 0 Å². The fraction of sp³-hybridized carbons (Fsp3) is 0.480. The van der Waals surface area contributed by atoms with Crippen molar-refractivity contribution in [3.63, 3.8) is 0 Å². The van der Waals surface area contributed by atoms with Crippen LogP contribution in [0.1, 0.15) is 43.7 Å². The Balaban J connectivity index is 1.52. The lowest BCUT2D eigenvalue weighted by Gasteiger charge is -2.32. The van der Waals surface area contributed by atoms with Crippen molar-refractivity contribution < 1.29 is 27.4 Å². The van der Waals surface area contributed by atoms with Gasteiger partial charge in [0, 0.05) is 24.7 Å². The van der Waals surface area contributed by atoms with E-state index in [-0.39, 0.29) is 18.1 Å². The standard InChI is InChI=1S/C25H30ClFN2O5S/c26-20-4-7-23(8-5-20)35(32,33)29-22(6-9-24(29)19-2-1-3-21(27)16-19)17-34-25(31)28-13-10-18(11-14-28)12-15-30/h1-5,7-8,16,18,22,24,30H,6,9-15,17H2/t22-,24+/m1/s1. The number of amides is 1. The Morgan fingerprint density at radius 3 is 2.46 bits per heavy atom. The highest BCUT2D eigenvalue weighted by molar-refractivity contribution is 7.89. The van der Waals surface area contributed by atoms with Gasteiger partial charge in [-0.2, -0.15) is 4.31 Å². The number of piperidine rings is 1. The Hall–Kier alpha value is -2.20. The van der Waals surface area contributed by atoms with Crippen LogP contribution in [0, 0.1) is 11.7 Å². The summed E-state index contributed by atoms with van der Waals surface area (Å²) in [6, 6.07) is 10.7. The molecule has 4 rings (SSSR count). The SMILES string of the molecule is O=C(OC[C@H]1CC[C@@H](c2cccc(F)c2)N1S(=O)(=O)c1ccc(Cl)cc1)N1CCC(CCO)CC1. The maximum atomic E-state index is 14.0. The summed E-state index contributed by atoms with van der Waals surface area (Å²) in [5, 5.41) is 9.54. The van der Waals surface area contributed by atoms with Crippen LogP contribution in [0.2, 0.25) is 5.02 Å². The second-order valence-electron chi connectivity index (χ2n) is 9.11. The summed E-state index contributed by atoms with van der Waals surface area (Å²) in [4.78, 5) is 14.4. The van der Waals surface area contributed by atoms with Crippen molar-refractivity contribution in [2.75, 3.05) is 26.3 Å². The predicted octanol–water partition coefficient (Wildman–Crippen LogP) is 4.60. The van der Waals surface area contributed by atoms with Gasteiger partial charge in [0.05, 0.1) is 17.0 Å². The molecule has 190 valence electrons. The second-order valence-corrected chi connectivity index (χ2v) is 11.4. The zero-order valence-electron chi connectivity index (χ0n) is 19.4. The third kappa shape index (κ3) is 5.97. The number of halogens is 2. The molecule has 1 amide bonds. The van der Waals surface area contributed by atoms with Crippen LogP contribution in [-0.4, -0.2) is 61.2 Å². The van der Waals surface area contributed by atoms with Crippen LogP contribution in [0.4, 0.5) is 9.18 Å². The fourth-order valence-electron chi connectivity index (χ4n) is 4.98. The molecule has 2 atom stereocenters. The first-order valence-corrected chi connectivity index (χ1v) is 13.7. The van der Waals surface area contributed by atoms with Gasteiger partial charge < -0.3 is 14.7 Å². The number of hydrogen-bond donors (Lipinski definition) is 1. The molecular formula is C25H30ClFN2O5S. The number of ether oxygens (including phenoxy) is 1. The first kappa shape index (κ1) is 25.9. The molecular weight excluding hydrogens is 495 g/mol. The number of likely N-dealkylation sites (tertiary alicyclic amines) is 1. The minimum absolute atomic E-state index is 0.0764. The maximum Gasteiger partial charge on any atom is 0.409 e. The van der Waals surface area contributed by atoms with E-state index in [1.54, 1.807) is 17.0 Å². The minimum atomic E-state index is -3.98. The Kier molecular flexibility index (Phi) is 8.31. The molecule has 0 spiro atoms. The third-order valence-corrected chi connectivity index (χ3v) is 9.10. The number of carbonyl (C=O) groups excluding carboxylic acids is 1. The molecule has 0 aromatic heterocycles. The summed E-state index contributed by atoms with van der Waals surface area (Å²) in [5.74, 6) is -0.0447. The molecule has 0 aliphatic carbocycles. The monoisotopic (exact) mass is 524 g/mol. The molecule has 0 radical (unpaired) electrons. The van der Waals surface area contributed by atoms with E-state index in [0.29, 0.717) is 42.4 Å². The molecule has 2 aromatic rings. The summed E-state index contributed by atoms with van der Waals surface area (Å²) < 4.78 is 48.3. The van der Waals surface area contributed by atoms with E-state index in [1.165, 1.54) is 40.7 Å². The molecule has 2 aliphatic rings. The van der Waals surface area contributed by atoms with Crippen molar-refractivity contribution in [3.05, 3.63) is 64.9 Å². The number of rotatable bonds is 7. The highest BCUT2D eigenvalue weighted by Gasteiger charge is 2.43. The number of sulfonamides is 1. The molecule has 0 unspecified atom stereocenters. The van der Waals surface area contributed by atoms with Gasteiger partial charge in [0.25, 0.3) is 0 Å². The number of aliphatic hydroxyl groups is 1. The molecule has 2 fully saturated rings. The Labute approximate surface area is 210 Å². The predicted molar refractivity (Wildman–Crippen MR) is 130 cm³/mol. The van der Waals surface area contributed by atoms with Gasteiger partial charge in [0.15, 0.2) is 0 Å². The fourth-order valence-corrected chi connectivity index (χ4v) is 6.95. The van der Waals surface area contributed by atoms with Crippen molar-refractivity contribution in [2.24, 2.45) is 5.92 Å². The summed E-state index contributed by atoms with van der Waals surface area (Å²) in [5.41, 5.74) is 0.558. The number of hydrogen-bond acceptors (Lipinski definition) is 5. The molecule has 0 saturated carbocycles. The molecule has 7 nitrogen and oxygen atoms in total. The Bertz CT molecular complexity index is 1120. The van der Waals surface area contributed by atoms with Gasteiger partial charge in [-0.05, 0) is 80.0 Å². The Morgan fingerprint density at radius 1 is 1.09 bits per heavy atom. The molecule has 2 aliphatic heterocycles. The lowest BCUT2D eigenvalue weighted by Crippen LogP contribution is -2.43. The molecule has 2 aromatic carbocycles. The topological polar surface area (TPSA) is 87.2 Å². The van der Waals surface area contributed by atoms with E-state index in [0.717, 1.165) is 19.3 Å². The minimum Gasteiger partial charge on any atom is -0.448 e. The van der Waals surface area contributed by atoms with Crippen molar-refractivity contribution in [1.82, 2.24) is 9.21 Å². The average Bonchev–Trinajstić information content (AvgIpc) is 3.28. The zero-order chi connectivity index (χ0) is 25.0. The maximum absolute atomic E-state index is 14.0. The molecule has 0 bridgehead atoms. The van der Waals surface area contributed by atoms with Crippen LogP contribution in [0.5, 0.6) is 0 Å². The second kappa shape index (κ2) is 11.2. The van der Waals surface area contributed by atoms with Gasteiger partial charge >= 0.3 is 6.09 Å². The van der Waals surface area contributed by atoms with E-state index in [4.69, 9.17) is 21.4 Å². The van der Waals surface area contributed by atoms with Gasteiger partial charge in [-0.3, -0.25) is 0 Å². The highest BCUT2D eigenvalue weighted by Crippen LogP contribution is 2.41. The highest BCUT2D eigenvalue weighted by atomic mass is 35.5. The number of carbonyl (C=O) groups is 1. The normalized spacial score (nSPS) is 21.9. The van der Waals surface area contributed by atoms with Gasteiger partial charge in [-0.25, -0.2) is 17.6 Å². The quantitative estimate of drug-likeness (QED) is 0.572. The number of nitrogens with zero attached hydrogens (tertiary/aromatic N) is 2. The van der Waals surface area contributed by atoms with E-state index < -0.39 is 34.0 Å². The van der Waals surface area contributed by atoms with Gasteiger partial charge in [-0.15, -0.1) is 0 Å². The smallest absolute Gasteiger partial charge is 0.409 e. The number of aliphatic hydroxyl groups excluding tert-OH is 1. The van der Waals surface area contributed by atoms with Gasteiger partial charge in [0.2, 0.25) is 10.0 Å². The Morgan fingerprint density at radius 2 is 1.80 bits per heavy atom. The molecule has 35 heavy (non-hydrogen) atoms. The van der Waals surface area contributed by atoms with Crippen LogP contribution in [0.3, 0.4) is 0 Å². The van der Waals surface area contributed by atoms with Crippen molar-refractivity contribution >= 4 is 27.7 Å². The largest absolute Gasteiger partial charge is 0.448 e. The van der Waals surface area contributed by atoms with E-state index >= 15 is 0 Å². The van der Waals surface area contributed by atoms with Gasteiger partial charge in [-0.1, -0.05) is 23.7 Å². The van der Waals surface area contributed by atoms with Crippen molar-refractivity contribution in [2.45, 2.75) is 49.1 Å². The molecule has 2 saturated heterocycles. The van der Waals surface area contributed by atoms with E-state index in [9.17, 15) is 17.6 Å². The van der Waals surface area contributed by atoms with Crippen LogP contribution in [0.25, 0.3) is 0 Å². The third-order valence-electron chi connectivity index (χ3n) is 6.87. The average molecular weight is 525 g/mol.